The van der Waals surface area contributed by atoms with E-state index in [4.69, 9.17) is 0 Å². The average Bonchev–Trinajstić information content (AvgIpc) is 3.46. The van der Waals surface area contributed by atoms with Crippen molar-refractivity contribution < 1.29 is 0 Å². The van der Waals surface area contributed by atoms with Gasteiger partial charge in [0.15, 0.2) is 0 Å². The SMILES string of the molecule is C1=CCC(C2=CCC(C3=C4CCC=CC4C4c5c6c(n(C7=CCC(C8C=CC=CC8)C=C7)c5C=CC4C3)CCC=C6)C=C2)C=C1. The van der Waals surface area contributed by atoms with Crippen molar-refractivity contribution in [3.63, 3.8) is 0 Å². The van der Waals surface area contributed by atoms with Crippen LogP contribution in [0.5, 0.6) is 0 Å². The second-order valence-corrected chi connectivity index (χ2v) is 14.4. The van der Waals surface area contributed by atoms with Crippen molar-refractivity contribution in [1.82, 2.24) is 4.57 Å². The van der Waals surface area contributed by atoms with Gasteiger partial charge in [-0.25, -0.2) is 0 Å². The Morgan fingerprint density at radius 3 is 2.24 bits per heavy atom. The van der Waals surface area contributed by atoms with Gasteiger partial charge < -0.3 is 4.57 Å². The molecule has 8 aliphatic carbocycles. The third kappa shape index (κ3) is 4.73. The van der Waals surface area contributed by atoms with Gasteiger partial charge >= 0.3 is 0 Å². The fourth-order valence-corrected chi connectivity index (χ4v) is 9.81. The molecule has 1 aromatic rings. The first-order valence-electron chi connectivity index (χ1n) is 17.8. The topological polar surface area (TPSA) is 4.93 Å². The quantitative estimate of drug-likeness (QED) is 0.309. The fourth-order valence-electron chi connectivity index (χ4n) is 9.81. The van der Waals surface area contributed by atoms with Gasteiger partial charge in [0.25, 0.3) is 0 Å². The Labute approximate surface area is 269 Å². The summed E-state index contributed by atoms with van der Waals surface area (Å²) in [4.78, 5) is 0. The largest absolute Gasteiger partial charge is 0.314 e. The van der Waals surface area contributed by atoms with Crippen LogP contribution in [-0.4, -0.2) is 4.57 Å². The summed E-state index contributed by atoms with van der Waals surface area (Å²) in [6, 6.07) is 0. The molecule has 0 radical (unpaired) electrons. The van der Waals surface area contributed by atoms with E-state index in [1.165, 1.54) is 41.8 Å². The number of allylic oxidation sites excluding steroid dienone is 22. The van der Waals surface area contributed by atoms with Crippen molar-refractivity contribution in [2.45, 2.75) is 63.7 Å². The third-order valence-corrected chi connectivity index (χ3v) is 12.0. The van der Waals surface area contributed by atoms with Gasteiger partial charge in [-0.2, -0.15) is 0 Å². The van der Waals surface area contributed by atoms with Crippen molar-refractivity contribution in [3.8, 4) is 0 Å². The molecule has 9 rings (SSSR count). The van der Waals surface area contributed by atoms with E-state index in [1.807, 2.05) is 0 Å². The zero-order valence-electron chi connectivity index (χ0n) is 26.4. The fraction of sp³-hybridized carbons (Fsp3) is 0.364. The van der Waals surface area contributed by atoms with Crippen LogP contribution in [0.4, 0.5) is 0 Å². The van der Waals surface area contributed by atoms with E-state index in [-0.39, 0.29) is 0 Å². The number of rotatable bonds is 4. The molecule has 1 aromatic heterocycles. The molecule has 0 N–H and O–H groups in total. The molecular formula is C44H45N. The highest BCUT2D eigenvalue weighted by molar-refractivity contribution is 5.77. The Morgan fingerprint density at radius 2 is 1.44 bits per heavy atom. The van der Waals surface area contributed by atoms with Gasteiger partial charge in [-0.1, -0.05) is 121 Å². The monoisotopic (exact) mass is 587 g/mol. The molecule has 0 saturated heterocycles. The first kappa shape index (κ1) is 27.5. The Kier molecular flexibility index (Phi) is 7.02. The lowest BCUT2D eigenvalue weighted by Gasteiger charge is -2.44. The average molecular weight is 588 g/mol. The smallest absolute Gasteiger partial charge is 0.0497 e. The highest BCUT2D eigenvalue weighted by Gasteiger charge is 2.44. The van der Waals surface area contributed by atoms with Gasteiger partial charge in [0.2, 0.25) is 0 Å². The number of fused-ring (bicyclic) bond motifs is 7. The van der Waals surface area contributed by atoms with Gasteiger partial charge in [-0.05, 0) is 104 Å². The highest BCUT2D eigenvalue weighted by Crippen LogP contribution is 2.56. The predicted octanol–water partition coefficient (Wildman–Crippen LogP) is 11.0. The minimum absolute atomic E-state index is 0.517. The van der Waals surface area contributed by atoms with Crippen LogP contribution in [0.2, 0.25) is 0 Å². The van der Waals surface area contributed by atoms with Gasteiger partial charge in [-0.15, -0.1) is 0 Å². The molecule has 8 aliphatic rings. The molecule has 226 valence electrons. The van der Waals surface area contributed by atoms with Crippen LogP contribution in [0.25, 0.3) is 17.8 Å². The van der Waals surface area contributed by atoms with Gasteiger partial charge in [0.1, 0.15) is 0 Å². The lowest BCUT2D eigenvalue weighted by Crippen LogP contribution is -2.32. The van der Waals surface area contributed by atoms with Crippen LogP contribution >= 0.6 is 0 Å². The second kappa shape index (κ2) is 11.5. The zero-order valence-corrected chi connectivity index (χ0v) is 26.4. The van der Waals surface area contributed by atoms with E-state index in [0.29, 0.717) is 41.4 Å². The summed E-state index contributed by atoms with van der Waals surface area (Å²) in [5.41, 5.74) is 12.6. The number of nitrogens with zero attached hydrogens (tertiary/aromatic N) is 1. The normalized spacial score (nSPS) is 33.9. The summed E-state index contributed by atoms with van der Waals surface area (Å²) >= 11 is 0. The van der Waals surface area contributed by atoms with E-state index in [0.717, 1.165) is 38.5 Å². The summed E-state index contributed by atoms with van der Waals surface area (Å²) in [6.07, 6.45) is 59.0. The predicted molar refractivity (Wildman–Crippen MR) is 190 cm³/mol. The molecule has 7 atom stereocenters. The summed E-state index contributed by atoms with van der Waals surface area (Å²) < 4.78 is 2.67. The molecule has 0 aromatic carbocycles. The molecule has 0 spiro atoms. The van der Waals surface area contributed by atoms with Gasteiger partial charge in [-0.3, -0.25) is 0 Å². The Hall–Kier alpha value is -3.84. The third-order valence-electron chi connectivity index (χ3n) is 12.0. The summed E-state index contributed by atoms with van der Waals surface area (Å²) in [7, 11) is 0. The van der Waals surface area contributed by atoms with Crippen LogP contribution in [0.15, 0.2) is 126 Å². The lowest BCUT2D eigenvalue weighted by molar-refractivity contribution is 0.371. The minimum atomic E-state index is 0.517. The molecule has 0 saturated carbocycles. The Bertz CT molecular complexity index is 1760. The summed E-state index contributed by atoms with van der Waals surface area (Å²) in [6.45, 7) is 0. The van der Waals surface area contributed by atoms with Crippen LogP contribution < -0.4 is 0 Å². The van der Waals surface area contributed by atoms with Crippen LogP contribution in [0.1, 0.15) is 79.8 Å². The van der Waals surface area contributed by atoms with E-state index in [1.54, 1.807) is 22.4 Å². The number of hydrogen-bond donors (Lipinski definition) is 0. The molecule has 1 heteroatoms. The molecular weight excluding hydrogens is 542 g/mol. The maximum absolute atomic E-state index is 2.67. The van der Waals surface area contributed by atoms with E-state index >= 15 is 0 Å². The van der Waals surface area contributed by atoms with Crippen molar-refractivity contribution in [2.24, 2.45) is 35.5 Å². The second-order valence-electron chi connectivity index (χ2n) is 14.4. The molecule has 0 fully saturated rings. The zero-order chi connectivity index (χ0) is 29.7. The molecule has 45 heavy (non-hydrogen) atoms. The van der Waals surface area contributed by atoms with E-state index in [9.17, 15) is 0 Å². The van der Waals surface area contributed by atoms with Crippen molar-refractivity contribution in [1.29, 1.82) is 0 Å². The molecule has 0 amide bonds. The maximum Gasteiger partial charge on any atom is 0.0497 e. The first-order chi connectivity index (χ1) is 22.3. The van der Waals surface area contributed by atoms with Crippen LogP contribution in [-0.2, 0) is 6.42 Å². The highest BCUT2D eigenvalue weighted by atomic mass is 15.0. The molecule has 1 nitrogen and oxygen atoms in total. The minimum Gasteiger partial charge on any atom is -0.314 e. The van der Waals surface area contributed by atoms with Crippen molar-refractivity contribution in [3.05, 3.63) is 149 Å². The molecule has 0 bridgehead atoms. The lowest BCUT2D eigenvalue weighted by atomic mass is 9.60. The van der Waals surface area contributed by atoms with E-state index in [2.05, 4.69) is 126 Å². The van der Waals surface area contributed by atoms with Crippen LogP contribution in [0.3, 0.4) is 0 Å². The molecule has 0 aliphatic heterocycles. The maximum atomic E-state index is 2.67. The van der Waals surface area contributed by atoms with E-state index < -0.39 is 0 Å². The number of aromatic nitrogens is 1. The first-order valence-corrected chi connectivity index (χ1v) is 17.8. The van der Waals surface area contributed by atoms with Gasteiger partial charge in [0.05, 0.1) is 0 Å². The van der Waals surface area contributed by atoms with Crippen molar-refractivity contribution in [2.75, 3.05) is 0 Å². The molecule has 7 unspecified atom stereocenters. The summed E-state index contributed by atoms with van der Waals surface area (Å²) in [5.74, 6) is 3.95. The standard InChI is InChI=1S/C44H45N/c1-3-11-30(12-4-1)32-19-21-34(22-20-32)40-29-35-25-28-42-44(43(35)38-16-8-7-15-37(38)40)39-17-9-10-18-41(39)45(42)36-26-23-33(24-27-36)31-13-5-2-6-14-31/h1-6,8-9,11,13,16-17,19-21,23,25-28,30-31,33-35,38,43H,7,10,12,14-15,18,22,24,29H2. The van der Waals surface area contributed by atoms with Crippen molar-refractivity contribution >= 4 is 17.8 Å². The molecule has 1 heterocycles. The Morgan fingerprint density at radius 1 is 0.578 bits per heavy atom. The number of hydrogen-bond acceptors (Lipinski definition) is 0. The Balaban J connectivity index is 1.06. The van der Waals surface area contributed by atoms with Crippen LogP contribution in [0, 0.1) is 35.5 Å². The van der Waals surface area contributed by atoms with Gasteiger partial charge in [0, 0.05) is 40.8 Å². The summed E-state index contributed by atoms with van der Waals surface area (Å²) in [5, 5.41) is 0.